The molecule has 1 aliphatic heterocycles. The molecule has 1 aliphatic carbocycles. The summed E-state index contributed by atoms with van der Waals surface area (Å²) in [7, 11) is -3.00. The van der Waals surface area contributed by atoms with E-state index in [1.54, 1.807) is 0 Å². The molecule has 0 aromatic heterocycles. The third-order valence-electron chi connectivity index (χ3n) is 3.79. The Bertz CT molecular complexity index is 527. The fourth-order valence-electron chi connectivity index (χ4n) is 2.75. The molecule has 0 N–H and O–H groups in total. The minimum absolute atomic E-state index is 0.338. The summed E-state index contributed by atoms with van der Waals surface area (Å²) < 4.78 is 24.0. The zero-order valence-electron chi connectivity index (χ0n) is 9.44. The summed E-state index contributed by atoms with van der Waals surface area (Å²) in [6.45, 7) is 1.95. The molecule has 2 aliphatic rings. The highest BCUT2D eigenvalue weighted by atomic mass is 32.2. The van der Waals surface area contributed by atoms with Crippen LogP contribution in [0.1, 0.15) is 36.3 Å². The molecule has 1 unspecified atom stereocenters. The summed E-state index contributed by atoms with van der Waals surface area (Å²) >= 11 is 0. The van der Waals surface area contributed by atoms with Crippen molar-refractivity contribution < 1.29 is 8.42 Å². The van der Waals surface area contributed by atoms with Crippen LogP contribution in [0.3, 0.4) is 0 Å². The van der Waals surface area contributed by atoms with Crippen molar-refractivity contribution in [1.82, 2.24) is 0 Å². The predicted molar refractivity (Wildman–Crippen MR) is 63.3 cm³/mol. The summed E-state index contributed by atoms with van der Waals surface area (Å²) in [5, 5.41) is 0. The van der Waals surface area contributed by atoms with E-state index in [1.807, 2.05) is 25.1 Å². The maximum atomic E-state index is 12.0. The molecule has 1 aromatic carbocycles. The molecule has 16 heavy (non-hydrogen) atoms. The first kappa shape index (κ1) is 10.3. The third-order valence-corrected chi connectivity index (χ3v) is 5.59. The minimum atomic E-state index is -3.00. The van der Waals surface area contributed by atoms with Crippen LogP contribution in [0.25, 0.3) is 0 Å². The lowest BCUT2D eigenvalue weighted by atomic mass is 9.90. The predicted octanol–water partition coefficient (Wildman–Crippen LogP) is 2.67. The van der Waals surface area contributed by atoms with Gasteiger partial charge in [0.1, 0.15) is 0 Å². The number of aryl methyl sites for hydroxylation is 1. The van der Waals surface area contributed by atoms with Crippen molar-refractivity contribution in [2.75, 3.05) is 5.75 Å². The van der Waals surface area contributed by atoms with Gasteiger partial charge in [0.15, 0.2) is 9.84 Å². The van der Waals surface area contributed by atoms with E-state index in [0.29, 0.717) is 16.6 Å². The Morgan fingerprint density at radius 1 is 1.19 bits per heavy atom. The average Bonchev–Trinajstić information content (AvgIpc) is 3.03. The number of sulfone groups is 1. The first-order valence-corrected chi connectivity index (χ1v) is 7.56. The van der Waals surface area contributed by atoms with E-state index in [2.05, 4.69) is 0 Å². The van der Waals surface area contributed by atoms with E-state index in [1.165, 1.54) is 12.8 Å². The minimum Gasteiger partial charge on any atom is -0.224 e. The quantitative estimate of drug-likeness (QED) is 0.751. The average molecular weight is 236 g/mol. The Balaban J connectivity index is 2.17. The van der Waals surface area contributed by atoms with Gasteiger partial charge in [0, 0.05) is 0 Å². The van der Waals surface area contributed by atoms with Gasteiger partial charge in [-0.15, -0.1) is 0 Å². The van der Waals surface area contributed by atoms with Crippen molar-refractivity contribution in [1.29, 1.82) is 0 Å². The summed E-state index contributed by atoms with van der Waals surface area (Å²) in [4.78, 5) is 0.607. The van der Waals surface area contributed by atoms with E-state index in [9.17, 15) is 8.42 Å². The van der Waals surface area contributed by atoms with Crippen molar-refractivity contribution >= 4 is 9.84 Å². The van der Waals surface area contributed by atoms with E-state index < -0.39 is 9.84 Å². The van der Waals surface area contributed by atoms with Crippen molar-refractivity contribution in [2.45, 2.75) is 37.0 Å². The number of fused-ring (bicyclic) bond motifs is 1. The Hall–Kier alpha value is -0.830. The normalized spacial score (nSPS) is 27.4. The van der Waals surface area contributed by atoms with Crippen LogP contribution in [0.4, 0.5) is 0 Å². The SMILES string of the molecule is Cc1ccc2c(c1)S(=O)(=O)CCC2C1CC1. The fraction of sp³-hybridized carbons (Fsp3) is 0.538. The first-order chi connectivity index (χ1) is 7.58. The molecule has 1 saturated carbocycles. The van der Waals surface area contributed by atoms with Gasteiger partial charge >= 0.3 is 0 Å². The molecule has 1 heterocycles. The van der Waals surface area contributed by atoms with Crippen LogP contribution >= 0.6 is 0 Å². The highest BCUT2D eigenvalue weighted by Crippen LogP contribution is 2.48. The lowest BCUT2D eigenvalue weighted by Gasteiger charge is -2.25. The third kappa shape index (κ3) is 1.58. The van der Waals surface area contributed by atoms with Gasteiger partial charge in [0.2, 0.25) is 0 Å². The van der Waals surface area contributed by atoms with Gasteiger partial charge in [-0.05, 0) is 55.2 Å². The monoisotopic (exact) mass is 236 g/mol. The second-order valence-electron chi connectivity index (χ2n) is 5.09. The number of rotatable bonds is 1. The molecule has 0 amide bonds. The zero-order chi connectivity index (χ0) is 11.3. The number of hydrogen-bond donors (Lipinski definition) is 0. The topological polar surface area (TPSA) is 34.1 Å². The maximum Gasteiger partial charge on any atom is 0.178 e. The molecule has 1 atom stereocenters. The van der Waals surface area contributed by atoms with Gasteiger partial charge in [-0.2, -0.15) is 0 Å². The van der Waals surface area contributed by atoms with Crippen LogP contribution in [-0.2, 0) is 9.84 Å². The summed E-state index contributed by atoms with van der Waals surface area (Å²) in [6.07, 6.45) is 3.37. The highest BCUT2D eigenvalue weighted by Gasteiger charge is 2.39. The molecular weight excluding hydrogens is 220 g/mol. The molecule has 86 valence electrons. The molecule has 0 radical (unpaired) electrons. The van der Waals surface area contributed by atoms with Crippen molar-refractivity contribution in [2.24, 2.45) is 5.92 Å². The Labute approximate surface area is 96.6 Å². The van der Waals surface area contributed by atoms with Crippen LogP contribution in [0.5, 0.6) is 0 Å². The largest absolute Gasteiger partial charge is 0.224 e. The van der Waals surface area contributed by atoms with Crippen molar-refractivity contribution in [3.63, 3.8) is 0 Å². The van der Waals surface area contributed by atoms with E-state index in [4.69, 9.17) is 0 Å². The molecule has 0 bridgehead atoms. The van der Waals surface area contributed by atoms with Gasteiger partial charge in [-0.25, -0.2) is 8.42 Å². The maximum absolute atomic E-state index is 12.0. The summed E-state index contributed by atoms with van der Waals surface area (Å²) in [5.41, 5.74) is 2.12. The van der Waals surface area contributed by atoms with Gasteiger partial charge < -0.3 is 0 Å². The standard InChI is InChI=1S/C13H16O2S/c1-9-2-5-12-11(10-3-4-10)6-7-16(14,15)13(12)8-9/h2,5,8,10-11H,3-4,6-7H2,1H3. The number of hydrogen-bond acceptors (Lipinski definition) is 2. The molecule has 1 fully saturated rings. The second-order valence-corrected chi connectivity index (χ2v) is 7.17. The molecule has 0 saturated heterocycles. The van der Waals surface area contributed by atoms with E-state index in [-0.39, 0.29) is 0 Å². The molecular formula is C13H16O2S. The van der Waals surface area contributed by atoms with Crippen LogP contribution in [0.15, 0.2) is 23.1 Å². The van der Waals surface area contributed by atoms with Crippen LogP contribution in [-0.4, -0.2) is 14.2 Å². The van der Waals surface area contributed by atoms with Gasteiger partial charge in [-0.3, -0.25) is 0 Å². The fourth-order valence-corrected chi connectivity index (χ4v) is 4.48. The zero-order valence-corrected chi connectivity index (χ0v) is 10.3. The first-order valence-electron chi connectivity index (χ1n) is 5.91. The molecule has 3 heteroatoms. The van der Waals surface area contributed by atoms with E-state index in [0.717, 1.165) is 23.5 Å². The van der Waals surface area contributed by atoms with Gasteiger partial charge in [-0.1, -0.05) is 12.1 Å². The molecule has 2 nitrogen and oxygen atoms in total. The van der Waals surface area contributed by atoms with Gasteiger partial charge in [0.05, 0.1) is 10.6 Å². The molecule has 1 aromatic rings. The summed E-state index contributed by atoms with van der Waals surface area (Å²) in [6, 6.07) is 5.92. The van der Waals surface area contributed by atoms with Crippen molar-refractivity contribution in [3.05, 3.63) is 29.3 Å². The van der Waals surface area contributed by atoms with E-state index >= 15 is 0 Å². The lowest BCUT2D eigenvalue weighted by molar-refractivity contribution is 0.534. The summed E-state index contributed by atoms with van der Waals surface area (Å²) in [5.74, 6) is 1.58. The van der Waals surface area contributed by atoms with Crippen LogP contribution in [0.2, 0.25) is 0 Å². The van der Waals surface area contributed by atoms with Crippen LogP contribution in [0, 0.1) is 12.8 Å². The Morgan fingerprint density at radius 3 is 2.62 bits per heavy atom. The molecule has 3 rings (SSSR count). The number of benzene rings is 1. The molecule has 0 spiro atoms. The highest BCUT2D eigenvalue weighted by molar-refractivity contribution is 7.91. The second kappa shape index (κ2) is 3.33. The Kier molecular flexibility index (Phi) is 2.15. The smallest absolute Gasteiger partial charge is 0.178 e. The van der Waals surface area contributed by atoms with Crippen LogP contribution < -0.4 is 0 Å². The van der Waals surface area contributed by atoms with Gasteiger partial charge in [0.25, 0.3) is 0 Å². The van der Waals surface area contributed by atoms with Crippen molar-refractivity contribution in [3.8, 4) is 0 Å². The lowest BCUT2D eigenvalue weighted by Crippen LogP contribution is -2.21. The Morgan fingerprint density at radius 2 is 1.94 bits per heavy atom.